The van der Waals surface area contributed by atoms with E-state index in [-0.39, 0.29) is 11.8 Å². The summed E-state index contributed by atoms with van der Waals surface area (Å²) >= 11 is 0. The van der Waals surface area contributed by atoms with E-state index in [0.717, 1.165) is 29.4 Å². The first-order valence-corrected chi connectivity index (χ1v) is 12.6. The highest BCUT2D eigenvalue weighted by molar-refractivity contribution is 7.89. The van der Waals surface area contributed by atoms with E-state index in [2.05, 4.69) is 0 Å². The summed E-state index contributed by atoms with van der Waals surface area (Å²) in [4.78, 5) is 24.5. The van der Waals surface area contributed by atoms with Gasteiger partial charge in [-0.25, -0.2) is 18.4 Å². The highest BCUT2D eigenvalue weighted by Crippen LogP contribution is 2.37. The van der Waals surface area contributed by atoms with Gasteiger partial charge in [0, 0.05) is 43.2 Å². The number of aromatic nitrogens is 2. The van der Waals surface area contributed by atoms with Crippen molar-refractivity contribution in [3.05, 3.63) is 47.4 Å². The van der Waals surface area contributed by atoms with E-state index in [4.69, 9.17) is 9.97 Å². The minimum atomic E-state index is -3.47. The molecule has 1 amide bonds. The average molecular weight is 441 g/mol. The van der Waals surface area contributed by atoms with Crippen LogP contribution in [0.3, 0.4) is 0 Å². The molecule has 1 aromatic heterocycles. The molecule has 0 spiro atoms. The first kappa shape index (κ1) is 20.6. The molecule has 5 rings (SSSR count). The van der Waals surface area contributed by atoms with Crippen LogP contribution in [0.4, 0.5) is 5.82 Å². The highest BCUT2D eigenvalue weighted by Gasteiger charge is 2.35. The summed E-state index contributed by atoms with van der Waals surface area (Å²) in [5.41, 5.74) is 2.04. The summed E-state index contributed by atoms with van der Waals surface area (Å²) in [5, 5.41) is 0. The van der Waals surface area contributed by atoms with Gasteiger partial charge in [-0.1, -0.05) is 18.2 Å². The highest BCUT2D eigenvalue weighted by atomic mass is 32.2. The van der Waals surface area contributed by atoms with Crippen molar-refractivity contribution < 1.29 is 13.2 Å². The van der Waals surface area contributed by atoms with E-state index in [0.29, 0.717) is 49.6 Å². The molecule has 1 saturated heterocycles. The maximum atomic E-state index is 12.9. The molecule has 0 unspecified atom stereocenters. The number of benzene rings is 1. The number of anilines is 1. The Morgan fingerprint density at radius 1 is 1.00 bits per heavy atom. The molecule has 1 aromatic carbocycles. The molecule has 1 aliphatic carbocycles. The number of hydrogen-bond acceptors (Lipinski definition) is 5. The van der Waals surface area contributed by atoms with Gasteiger partial charge in [0.15, 0.2) is 0 Å². The van der Waals surface area contributed by atoms with Crippen LogP contribution in [-0.2, 0) is 21.2 Å². The lowest BCUT2D eigenvalue weighted by atomic mass is 9.96. The van der Waals surface area contributed by atoms with Crippen LogP contribution in [0.5, 0.6) is 0 Å². The molecule has 3 aliphatic rings. The molecule has 164 valence electrons. The minimum absolute atomic E-state index is 0.103. The quantitative estimate of drug-likeness (QED) is 0.714. The van der Waals surface area contributed by atoms with Gasteiger partial charge in [-0.15, -0.1) is 0 Å². The van der Waals surface area contributed by atoms with Crippen molar-refractivity contribution in [2.45, 2.75) is 56.3 Å². The van der Waals surface area contributed by atoms with Gasteiger partial charge in [-0.05, 0) is 57.1 Å². The van der Waals surface area contributed by atoms with E-state index in [1.54, 1.807) is 28.6 Å². The zero-order valence-electron chi connectivity index (χ0n) is 17.8. The second kappa shape index (κ2) is 7.98. The van der Waals surface area contributed by atoms with E-state index in [1.165, 1.54) is 12.8 Å². The first-order valence-electron chi connectivity index (χ1n) is 11.2. The second-order valence-corrected chi connectivity index (χ2v) is 10.8. The Morgan fingerprint density at radius 3 is 2.39 bits per heavy atom. The van der Waals surface area contributed by atoms with E-state index in [1.807, 2.05) is 17.9 Å². The van der Waals surface area contributed by atoms with Crippen LogP contribution in [0, 0.1) is 12.8 Å². The van der Waals surface area contributed by atoms with Crippen LogP contribution < -0.4 is 4.90 Å². The minimum Gasteiger partial charge on any atom is -0.296 e. The monoisotopic (exact) mass is 440 g/mol. The Kier molecular flexibility index (Phi) is 5.30. The van der Waals surface area contributed by atoms with Gasteiger partial charge in [0.25, 0.3) is 0 Å². The number of carbonyl (C=O) groups excluding carboxylic acids is 1. The molecular weight excluding hydrogens is 412 g/mol. The third-order valence-electron chi connectivity index (χ3n) is 6.69. The van der Waals surface area contributed by atoms with Crippen molar-refractivity contribution in [1.82, 2.24) is 14.3 Å². The fraction of sp³-hybridized carbons (Fsp3) is 0.522. The number of carbonyl (C=O) groups is 1. The number of amides is 1. The summed E-state index contributed by atoms with van der Waals surface area (Å²) in [6, 6.07) is 8.60. The number of nitrogens with zero attached hydrogens (tertiary/aromatic N) is 4. The molecule has 1 saturated carbocycles. The molecule has 3 heterocycles. The number of fused-ring (bicyclic) bond motifs is 1. The molecule has 2 aliphatic heterocycles. The molecule has 0 N–H and O–H groups in total. The first-order chi connectivity index (χ1) is 14.9. The van der Waals surface area contributed by atoms with Crippen molar-refractivity contribution >= 4 is 21.7 Å². The van der Waals surface area contributed by atoms with Gasteiger partial charge in [0.2, 0.25) is 15.9 Å². The Morgan fingerprint density at radius 2 is 1.71 bits per heavy atom. The third kappa shape index (κ3) is 3.99. The van der Waals surface area contributed by atoms with Crippen LogP contribution in [0.1, 0.15) is 55.1 Å². The maximum absolute atomic E-state index is 12.9. The molecule has 0 bridgehead atoms. The molecule has 0 radical (unpaired) electrons. The van der Waals surface area contributed by atoms with Crippen molar-refractivity contribution in [2.75, 3.05) is 24.5 Å². The lowest BCUT2D eigenvalue weighted by Crippen LogP contribution is -2.40. The summed E-state index contributed by atoms with van der Waals surface area (Å²) in [6.45, 7) is 3.66. The van der Waals surface area contributed by atoms with Crippen molar-refractivity contribution in [2.24, 2.45) is 5.92 Å². The maximum Gasteiger partial charge on any atom is 0.243 e. The number of sulfonamides is 1. The topological polar surface area (TPSA) is 83.5 Å². The van der Waals surface area contributed by atoms with Crippen LogP contribution in [0.2, 0.25) is 0 Å². The Bertz CT molecular complexity index is 1090. The normalized spacial score (nSPS) is 20.7. The molecule has 31 heavy (non-hydrogen) atoms. The summed E-state index contributed by atoms with van der Waals surface area (Å²) in [5.74, 6) is 2.41. The zero-order chi connectivity index (χ0) is 21.6. The fourth-order valence-corrected chi connectivity index (χ4v) is 6.12. The molecule has 2 aromatic rings. The average Bonchev–Trinajstić information content (AvgIpc) is 3.60. The van der Waals surface area contributed by atoms with Crippen molar-refractivity contribution in [3.8, 4) is 0 Å². The fourth-order valence-electron chi connectivity index (χ4n) is 4.63. The predicted octanol–water partition coefficient (Wildman–Crippen LogP) is 3.04. The molecule has 2 fully saturated rings. The summed E-state index contributed by atoms with van der Waals surface area (Å²) < 4.78 is 27.4. The van der Waals surface area contributed by atoms with E-state index < -0.39 is 10.0 Å². The summed E-state index contributed by atoms with van der Waals surface area (Å²) in [7, 11) is -3.47. The summed E-state index contributed by atoms with van der Waals surface area (Å²) in [6.07, 6.45) is 4.96. The van der Waals surface area contributed by atoms with Gasteiger partial charge in [-0.2, -0.15) is 4.31 Å². The predicted molar refractivity (Wildman–Crippen MR) is 117 cm³/mol. The second-order valence-electron chi connectivity index (χ2n) is 8.91. The van der Waals surface area contributed by atoms with E-state index >= 15 is 0 Å². The largest absolute Gasteiger partial charge is 0.296 e. The van der Waals surface area contributed by atoms with Crippen molar-refractivity contribution in [3.63, 3.8) is 0 Å². The standard InChI is InChI=1S/C23H28N4O3S/c1-16-20-9-10-21(28)27(15-17-7-8-17)23(20)25-22(24-16)18-11-13-26(14-12-18)31(29,30)19-5-3-2-4-6-19/h2-6,17-18H,7-15H2,1H3. The van der Waals surface area contributed by atoms with Gasteiger partial charge in [0.1, 0.15) is 11.6 Å². The Hall–Kier alpha value is -2.32. The van der Waals surface area contributed by atoms with Crippen LogP contribution >= 0.6 is 0 Å². The molecule has 8 heteroatoms. The lowest BCUT2D eigenvalue weighted by Gasteiger charge is -2.33. The Labute approximate surface area is 183 Å². The smallest absolute Gasteiger partial charge is 0.243 e. The van der Waals surface area contributed by atoms with Crippen LogP contribution in [0.15, 0.2) is 35.2 Å². The number of hydrogen-bond donors (Lipinski definition) is 0. The van der Waals surface area contributed by atoms with Crippen molar-refractivity contribution in [1.29, 1.82) is 0 Å². The van der Waals surface area contributed by atoms with Crippen LogP contribution in [-0.4, -0.2) is 48.2 Å². The zero-order valence-corrected chi connectivity index (χ0v) is 18.6. The molecule has 7 nitrogen and oxygen atoms in total. The van der Waals surface area contributed by atoms with Crippen LogP contribution in [0.25, 0.3) is 0 Å². The third-order valence-corrected chi connectivity index (χ3v) is 8.61. The van der Waals surface area contributed by atoms with E-state index in [9.17, 15) is 13.2 Å². The van der Waals surface area contributed by atoms with Gasteiger partial charge in [-0.3, -0.25) is 9.69 Å². The van der Waals surface area contributed by atoms with Gasteiger partial charge >= 0.3 is 0 Å². The number of rotatable bonds is 5. The molecule has 0 atom stereocenters. The van der Waals surface area contributed by atoms with Gasteiger partial charge < -0.3 is 0 Å². The lowest BCUT2D eigenvalue weighted by molar-refractivity contribution is -0.119. The number of aryl methyl sites for hydroxylation is 1. The van der Waals surface area contributed by atoms with Gasteiger partial charge in [0.05, 0.1) is 4.90 Å². The molecular formula is C23H28N4O3S. The Balaban J connectivity index is 1.36. The number of piperidine rings is 1. The SMILES string of the molecule is Cc1nc(C2CCN(S(=O)(=O)c3ccccc3)CC2)nc2c1CCC(=O)N2CC1CC1.